The van der Waals surface area contributed by atoms with Crippen molar-refractivity contribution in [3.8, 4) is 0 Å². The minimum Gasteiger partial charge on any atom is -0.435 e. The Balaban J connectivity index is 0.000000284. The van der Waals surface area contributed by atoms with Crippen molar-refractivity contribution in [2.45, 2.75) is 67.1 Å². The Hall–Kier alpha value is -4.18. The summed E-state index contributed by atoms with van der Waals surface area (Å²) in [6, 6.07) is 18.0. The van der Waals surface area contributed by atoms with Gasteiger partial charge in [-0.25, -0.2) is 9.59 Å². The number of rotatable bonds is 8. The van der Waals surface area contributed by atoms with E-state index in [1.807, 2.05) is 12.1 Å². The number of carbonyl (C=O) groups is 4. The molecule has 2 fully saturated rings. The molecular formula is C31H35N3O10S2. The highest BCUT2D eigenvalue weighted by molar-refractivity contribution is 8.01. The molecule has 0 saturated carbocycles. The van der Waals surface area contributed by atoms with Gasteiger partial charge >= 0.3 is 12.1 Å². The molecule has 4 N–H and O–H groups in total. The molecule has 0 unspecified atom stereocenters. The number of thioether (sulfide) groups is 1. The Morgan fingerprint density at radius 3 is 2.30 bits per heavy atom. The van der Waals surface area contributed by atoms with E-state index in [0.29, 0.717) is 10.9 Å². The van der Waals surface area contributed by atoms with Gasteiger partial charge < -0.3 is 30.2 Å². The number of carbonyl (C=O) groups excluding carboxylic acids is 4. The predicted molar refractivity (Wildman–Crippen MR) is 169 cm³/mol. The number of hydrogen-bond donors (Lipinski definition) is 3. The second-order valence-corrected chi connectivity index (χ2v) is 14.1. The fourth-order valence-corrected chi connectivity index (χ4v) is 7.48. The second-order valence-electron chi connectivity index (χ2n) is 10.9. The summed E-state index contributed by atoms with van der Waals surface area (Å²) in [5, 5.41) is 3.59. The molecule has 46 heavy (non-hydrogen) atoms. The fourth-order valence-electron chi connectivity index (χ4n) is 5.14. The summed E-state index contributed by atoms with van der Waals surface area (Å²) in [6.07, 6.45) is -2.14. The van der Waals surface area contributed by atoms with E-state index in [1.165, 1.54) is 29.7 Å². The summed E-state index contributed by atoms with van der Waals surface area (Å²) < 4.78 is 45.0. The fraction of sp³-hybridized carbons (Fsp3) is 0.355. The lowest BCUT2D eigenvalue weighted by Gasteiger charge is -2.44. The van der Waals surface area contributed by atoms with Crippen LogP contribution in [0.3, 0.4) is 0 Å². The monoisotopic (exact) mass is 673 g/mol. The number of esters is 1. The van der Waals surface area contributed by atoms with Crippen LogP contribution in [0.15, 0.2) is 77.7 Å². The van der Waals surface area contributed by atoms with Crippen LogP contribution in [0.5, 0.6) is 0 Å². The van der Waals surface area contributed by atoms with Gasteiger partial charge in [-0.05, 0) is 37.8 Å². The number of nitrogens with zero attached hydrogens (tertiary/aromatic N) is 1. The van der Waals surface area contributed by atoms with E-state index in [1.54, 1.807) is 75.4 Å². The summed E-state index contributed by atoms with van der Waals surface area (Å²) in [6.45, 7) is 6.74. The third-order valence-corrected chi connectivity index (χ3v) is 9.72. The number of nitrogens with two attached hydrogens (primary N) is 1. The first kappa shape index (κ1) is 34.7. The Morgan fingerprint density at radius 2 is 1.65 bits per heavy atom. The zero-order valence-corrected chi connectivity index (χ0v) is 27.1. The molecule has 3 aromatic carbocycles. The molecule has 246 valence electrons. The van der Waals surface area contributed by atoms with Gasteiger partial charge in [-0.2, -0.15) is 8.42 Å². The van der Waals surface area contributed by atoms with Crippen molar-refractivity contribution < 1.29 is 46.4 Å². The molecule has 3 aromatic rings. The van der Waals surface area contributed by atoms with Gasteiger partial charge in [0.25, 0.3) is 10.1 Å². The molecule has 0 aromatic heterocycles. The van der Waals surface area contributed by atoms with Crippen LogP contribution in [0.25, 0.3) is 10.8 Å². The number of β-lactam (4-membered cyclic amide) rings is 1. The van der Waals surface area contributed by atoms with Crippen LogP contribution >= 0.6 is 11.8 Å². The average molecular weight is 674 g/mol. The minimum atomic E-state index is -4.13. The first-order valence-corrected chi connectivity index (χ1v) is 16.6. The highest BCUT2D eigenvalue weighted by atomic mass is 32.2. The molecule has 0 radical (unpaired) electrons. The van der Waals surface area contributed by atoms with E-state index >= 15 is 0 Å². The van der Waals surface area contributed by atoms with Gasteiger partial charge in [-0.1, -0.05) is 66.7 Å². The summed E-state index contributed by atoms with van der Waals surface area (Å²) in [4.78, 5) is 51.0. The topological polar surface area (TPSA) is 192 Å². The van der Waals surface area contributed by atoms with E-state index in [9.17, 15) is 27.6 Å². The molecule has 2 amide bonds. The predicted octanol–water partition coefficient (Wildman–Crippen LogP) is 3.38. The largest absolute Gasteiger partial charge is 0.511 e. The summed E-state index contributed by atoms with van der Waals surface area (Å²) in [7, 11) is -4.13. The Bertz CT molecular complexity index is 1710. The van der Waals surface area contributed by atoms with Crippen molar-refractivity contribution in [1.29, 1.82) is 0 Å². The third kappa shape index (κ3) is 7.61. The summed E-state index contributed by atoms with van der Waals surface area (Å²) in [5.74, 6) is -1.58. The first-order valence-electron chi connectivity index (χ1n) is 14.3. The number of benzene rings is 3. The van der Waals surface area contributed by atoms with E-state index in [0.717, 1.165) is 5.39 Å². The van der Waals surface area contributed by atoms with Gasteiger partial charge in [0.1, 0.15) is 28.4 Å². The Kier molecular flexibility index (Phi) is 10.6. The van der Waals surface area contributed by atoms with Gasteiger partial charge in [0.05, 0.1) is 6.61 Å². The van der Waals surface area contributed by atoms with Crippen molar-refractivity contribution in [2.24, 2.45) is 5.73 Å². The Morgan fingerprint density at radius 1 is 1.02 bits per heavy atom. The van der Waals surface area contributed by atoms with Crippen LogP contribution in [-0.4, -0.2) is 76.9 Å². The Labute approximate surface area is 270 Å². The molecule has 2 aliphatic rings. The molecular weight excluding hydrogens is 638 g/mol. The molecule has 15 heteroatoms. The van der Waals surface area contributed by atoms with E-state index in [2.05, 4.69) is 10.1 Å². The number of nitrogens with one attached hydrogen (secondary N) is 1. The van der Waals surface area contributed by atoms with Crippen molar-refractivity contribution in [3.05, 3.63) is 78.4 Å². The SMILES string of the molecule is CCOC(=O)O[C@@H](C)OC(=O)[C@@H]1N2C(=O)[C@@H](NC(=O)[C@H](N)c3ccccc3)[C@H]2SC1(C)C.O=S(=O)(O)c1cccc2ccccc12. The van der Waals surface area contributed by atoms with Gasteiger partial charge in [0.2, 0.25) is 18.1 Å². The van der Waals surface area contributed by atoms with Crippen LogP contribution in [0.1, 0.15) is 39.3 Å². The van der Waals surface area contributed by atoms with Gasteiger partial charge in [-0.15, -0.1) is 11.8 Å². The lowest BCUT2D eigenvalue weighted by atomic mass is 9.95. The maximum atomic E-state index is 12.8. The van der Waals surface area contributed by atoms with E-state index in [4.69, 9.17) is 19.8 Å². The molecule has 0 aliphatic carbocycles. The lowest BCUT2D eigenvalue weighted by molar-refractivity contribution is -0.180. The first-order chi connectivity index (χ1) is 21.7. The van der Waals surface area contributed by atoms with Gasteiger partial charge in [0.15, 0.2) is 0 Å². The molecule has 2 heterocycles. The third-order valence-electron chi connectivity index (χ3n) is 7.24. The molecule has 5 atom stereocenters. The number of hydrogen-bond acceptors (Lipinski definition) is 11. The van der Waals surface area contributed by atoms with Crippen LogP contribution < -0.4 is 11.1 Å². The van der Waals surface area contributed by atoms with E-state index < -0.39 is 68.6 Å². The number of amides is 2. The highest BCUT2D eigenvalue weighted by Gasteiger charge is 2.64. The summed E-state index contributed by atoms with van der Waals surface area (Å²) in [5.41, 5.74) is 6.65. The van der Waals surface area contributed by atoms with Crippen LogP contribution in [0.4, 0.5) is 4.79 Å². The standard InChI is InChI=1S/C21H27N3O7S.C10H8O3S/c1-5-29-20(28)31-11(2)30-19(27)15-21(3,4)32-18-14(17(26)24(15)18)23-16(25)13(22)12-9-7-6-8-10-12;11-14(12,13)10-7-3-5-8-4-1-2-6-9(8)10/h6-11,13-15,18H,5,22H2,1-4H3,(H,23,25);1-7H,(H,11,12,13)/t11-,13+,14+,15-,18+;/m0./s1. The molecule has 2 aliphatic heterocycles. The van der Waals surface area contributed by atoms with Crippen molar-refractivity contribution in [3.63, 3.8) is 0 Å². The normalized spacial score (nSPS) is 21.0. The van der Waals surface area contributed by atoms with E-state index in [-0.39, 0.29) is 11.5 Å². The second kappa shape index (κ2) is 14.1. The van der Waals surface area contributed by atoms with Crippen LogP contribution in [0, 0.1) is 0 Å². The zero-order valence-electron chi connectivity index (χ0n) is 25.5. The number of ether oxygens (including phenoxy) is 3. The van der Waals surface area contributed by atoms with Crippen molar-refractivity contribution >= 4 is 56.6 Å². The highest BCUT2D eigenvalue weighted by Crippen LogP contribution is 2.51. The van der Waals surface area contributed by atoms with Crippen molar-refractivity contribution in [2.75, 3.05) is 6.61 Å². The molecule has 13 nitrogen and oxygen atoms in total. The quantitative estimate of drug-likeness (QED) is 0.137. The summed E-state index contributed by atoms with van der Waals surface area (Å²) >= 11 is 1.38. The number of fused-ring (bicyclic) bond motifs is 2. The average Bonchev–Trinajstić information content (AvgIpc) is 3.26. The zero-order chi connectivity index (χ0) is 33.8. The van der Waals surface area contributed by atoms with Crippen molar-refractivity contribution in [1.82, 2.24) is 10.2 Å². The molecule has 5 rings (SSSR count). The van der Waals surface area contributed by atoms with Gasteiger partial charge in [0, 0.05) is 17.1 Å². The maximum Gasteiger partial charge on any atom is 0.511 e. The smallest absolute Gasteiger partial charge is 0.435 e. The van der Waals surface area contributed by atoms with Crippen LogP contribution in [-0.2, 0) is 38.7 Å². The molecule has 2 saturated heterocycles. The minimum absolute atomic E-state index is 0.0457. The lowest BCUT2D eigenvalue weighted by Crippen LogP contribution is -2.71. The van der Waals surface area contributed by atoms with Gasteiger partial charge in [-0.3, -0.25) is 14.1 Å². The van der Waals surface area contributed by atoms with Crippen LogP contribution in [0.2, 0.25) is 0 Å². The maximum absolute atomic E-state index is 12.8. The molecule has 0 spiro atoms. The molecule has 0 bridgehead atoms.